The van der Waals surface area contributed by atoms with Crippen molar-refractivity contribution in [2.75, 3.05) is 19.6 Å². The number of nitrogens with one attached hydrogen (secondary N) is 2. The van der Waals surface area contributed by atoms with E-state index < -0.39 is 0 Å². The number of rotatable bonds is 6. The summed E-state index contributed by atoms with van der Waals surface area (Å²) in [5.74, 6) is 0. The maximum atomic E-state index is 4.06. The first-order chi connectivity index (χ1) is 8.83. The van der Waals surface area contributed by atoms with E-state index in [1.165, 1.54) is 50.0 Å². The van der Waals surface area contributed by atoms with Gasteiger partial charge in [-0.3, -0.25) is 10.00 Å². The molecule has 0 aromatic carbocycles. The number of aryl methyl sites for hydroxylation is 2. The van der Waals surface area contributed by atoms with Gasteiger partial charge in [0.2, 0.25) is 0 Å². The average molecular weight is 248 g/mol. The van der Waals surface area contributed by atoms with Crippen LogP contribution in [0.3, 0.4) is 0 Å². The predicted octanol–water partition coefficient (Wildman–Crippen LogP) is 1.48. The van der Waals surface area contributed by atoms with Gasteiger partial charge in [-0.1, -0.05) is 0 Å². The fourth-order valence-corrected chi connectivity index (χ4v) is 2.94. The summed E-state index contributed by atoms with van der Waals surface area (Å²) < 4.78 is 0. The summed E-state index contributed by atoms with van der Waals surface area (Å²) in [6.07, 6.45) is 8.51. The molecule has 1 atom stereocenters. The smallest absolute Gasteiger partial charge is 0.0522 e. The van der Waals surface area contributed by atoms with E-state index in [1.807, 2.05) is 6.20 Å². The third-order valence-electron chi connectivity index (χ3n) is 4.27. The van der Waals surface area contributed by atoms with Gasteiger partial charge >= 0.3 is 0 Å². The molecule has 1 unspecified atom stereocenters. The molecule has 1 saturated carbocycles. The van der Waals surface area contributed by atoms with Gasteiger partial charge < -0.3 is 5.32 Å². The summed E-state index contributed by atoms with van der Waals surface area (Å²) >= 11 is 0. The molecule has 4 nitrogen and oxygen atoms in total. The fourth-order valence-electron chi connectivity index (χ4n) is 2.94. The van der Waals surface area contributed by atoms with Crippen molar-refractivity contribution in [3.05, 3.63) is 17.5 Å². The topological polar surface area (TPSA) is 44.0 Å². The van der Waals surface area contributed by atoms with E-state index in [1.54, 1.807) is 0 Å². The van der Waals surface area contributed by atoms with Crippen LogP contribution in [0.2, 0.25) is 0 Å². The van der Waals surface area contributed by atoms with E-state index in [0.29, 0.717) is 0 Å². The molecule has 2 aliphatic rings. The molecule has 2 heterocycles. The largest absolute Gasteiger partial charge is 0.313 e. The third kappa shape index (κ3) is 2.93. The molecule has 100 valence electrons. The Kier molecular flexibility index (Phi) is 3.66. The maximum Gasteiger partial charge on any atom is 0.0522 e. The third-order valence-corrected chi connectivity index (χ3v) is 4.27. The minimum absolute atomic E-state index is 0.732. The molecule has 1 aromatic heterocycles. The molecule has 0 radical (unpaired) electrons. The van der Waals surface area contributed by atoms with Gasteiger partial charge in [0.25, 0.3) is 0 Å². The highest BCUT2D eigenvalue weighted by molar-refractivity contribution is 5.14. The zero-order chi connectivity index (χ0) is 12.4. The second kappa shape index (κ2) is 5.41. The van der Waals surface area contributed by atoms with Crippen molar-refractivity contribution in [3.63, 3.8) is 0 Å². The van der Waals surface area contributed by atoms with E-state index in [-0.39, 0.29) is 0 Å². The van der Waals surface area contributed by atoms with Gasteiger partial charge in [-0.05, 0) is 51.1 Å². The van der Waals surface area contributed by atoms with Crippen LogP contribution in [-0.4, -0.2) is 46.8 Å². The number of likely N-dealkylation sites (tertiary alicyclic amines) is 1. The van der Waals surface area contributed by atoms with Crippen LogP contribution in [0.1, 0.15) is 36.9 Å². The Morgan fingerprint density at radius 1 is 1.44 bits per heavy atom. The summed E-state index contributed by atoms with van der Waals surface area (Å²) in [4.78, 5) is 2.66. The van der Waals surface area contributed by atoms with E-state index >= 15 is 0 Å². The summed E-state index contributed by atoms with van der Waals surface area (Å²) in [5, 5.41) is 10.8. The van der Waals surface area contributed by atoms with Crippen LogP contribution in [0.4, 0.5) is 0 Å². The summed E-state index contributed by atoms with van der Waals surface area (Å²) in [6.45, 7) is 5.81. The van der Waals surface area contributed by atoms with Crippen LogP contribution >= 0.6 is 0 Å². The second-order valence-electron chi connectivity index (χ2n) is 5.79. The molecular formula is C14H24N4. The number of nitrogens with zero attached hydrogens (tertiary/aromatic N) is 2. The molecule has 18 heavy (non-hydrogen) atoms. The number of aromatic amines is 1. The standard InChI is InChI=1S/C14H24N4/c1-11-12(9-16-17-11)3-2-7-15-13-6-8-18(10-13)14-4-5-14/h9,13-15H,2-8,10H2,1H3,(H,16,17). The van der Waals surface area contributed by atoms with E-state index in [9.17, 15) is 0 Å². The Hall–Kier alpha value is -0.870. The van der Waals surface area contributed by atoms with Crippen molar-refractivity contribution in [2.24, 2.45) is 0 Å². The maximum absolute atomic E-state index is 4.06. The Bertz CT molecular complexity index is 383. The molecule has 1 saturated heterocycles. The zero-order valence-corrected chi connectivity index (χ0v) is 11.3. The molecular weight excluding hydrogens is 224 g/mol. The van der Waals surface area contributed by atoms with Crippen LogP contribution in [0.15, 0.2) is 6.20 Å². The molecule has 1 aliphatic carbocycles. The van der Waals surface area contributed by atoms with Crippen molar-refractivity contribution < 1.29 is 0 Å². The van der Waals surface area contributed by atoms with Crippen molar-refractivity contribution >= 4 is 0 Å². The zero-order valence-electron chi connectivity index (χ0n) is 11.3. The van der Waals surface area contributed by atoms with Crippen molar-refractivity contribution in [3.8, 4) is 0 Å². The highest BCUT2D eigenvalue weighted by Gasteiger charge is 2.33. The molecule has 4 heteroatoms. The lowest BCUT2D eigenvalue weighted by atomic mass is 10.1. The quantitative estimate of drug-likeness (QED) is 0.749. The number of aromatic nitrogens is 2. The average Bonchev–Trinajstić information content (AvgIpc) is 2.98. The van der Waals surface area contributed by atoms with Gasteiger partial charge in [0, 0.05) is 30.9 Å². The SMILES string of the molecule is Cc1[nH]ncc1CCCNC1CCN(C2CC2)C1. The summed E-state index contributed by atoms with van der Waals surface area (Å²) in [7, 11) is 0. The molecule has 0 bridgehead atoms. The van der Waals surface area contributed by atoms with Gasteiger partial charge in [0.05, 0.1) is 6.20 Å². The monoisotopic (exact) mass is 248 g/mol. The van der Waals surface area contributed by atoms with Crippen molar-refractivity contribution in [1.29, 1.82) is 0 Å². The predicted molar refractivity (Wildman–Crippen MR) is 72.6 cm³/mol. The molecule has 3 rings (SSSR count). The van der Waals surface area contributed by atoms with Crippen LogP contribution in [0, 0.1) is 6.92 Å². The van der Waals surface area contributed by atoms with Crippen LogP contribution in [-0.2, 0) is 6.42 Å². The first-order valence-electron chi connectivity index (χ1n) is 7.29. The lowest BCUT2D eigenvalue weighted by Crippen LogP contribution is -2.34. The summed E-state index contributed by atoms with van der Waals surface area (Å²) in [6, 6.07) is 1.67. The van der Waals surface area contributed by atoms with Crippen molar-refractivity contribution in [2.45, 2.75) is 51.1 Å². The Balaban J connectivity index is 1.32. The molecule has 1 aromatic rings. The Labute approximate surface area is 109 Å². The minimum Gasteiger partial charge on any atom is -0.313 e. The van der Waals surface area contributed by atoms with E-state index in [2.05, 4.69) is 27.3 Å². The number of hydrogen-bond acceptors (Lipinski definition) is 3. The normalized spacial score (nSPS) is 24.8. The fraction of sp³-hybridized carbons (Fsp3) is 0.786. The number of H-pyrrole nitrogens is 1. The molecule has 2 N–H and O–H groups in total. The van der Waals surface area contributed by atoms with Gasteiger partial charge in [-0.25, -0.2) is 0 Å². The van der Waals surface area contributed by atoms with Crippen LogP contribution in [0.25, 0.3) is 0 Å². The minimum atomic E-state index is 0.732. The highest BCUT2D eigenvalue weighted by atomic mass is 15.2. The van der Waals surface area contributed by atoms with E-state index in [4.69, 9.17) is 0 Å². The Morgan fingerprint density at radius 2 is 2.33 bits per heavy atom. The van der Waals surface area contributed by atoms with Gasteiger partial charge in [0.15, 0.2) is 0 Å². The van der Waals surface area contributed by atoms with Gasteiger partial charge in [-0.15, -0.1) is 0 Å². The van der Waals surface area contributed by atoms with Crippen molar-refractivity contribution in [1.82, 2.24) is 20.4 Å². The lowest BCUT2D eigenvalue weighted by Gasteiger charge is -2.15. The molecule has 0 amide bonds. The Morgan fingerprint density at radius 3 is 3.06 bits per heavy atom. The molecule has 1 aliphatic heterocycles. The first kappa shape index (κ1) is 12.2. The van der Waals surface area contributed by atoms with Crippen LogP contribution < -0.4 is 5.32 Å². The summed E-state index contributed by atoms with van der Waals surface area (Å²) in [5.41, 5.74) is 2.58. The highest BCUT2D eigenvalue weighted by Crippen LogP contribution is 2.29. The molecule has 0 spiro atoms. The van der Waals surface area contributed by atoms with Gasteiger partial charge in [0.1, 0.15) is 0 Å². The lowest BCUT2D eigenvalue weighted by molar-refractivity contribution is 0.317. The first-order valence-corrected chi connectivity index (χ1v) is 7.29. The van der Waals surface area contributed by atoms with Crippen LogP contribution in [0.5, 0.6) is 0 Å². The van der Waals surface area contributed by atoms with Gasteiger partial charge in [-0.2, -0.15) is 5.10 Å². The van der Waals surface area contributed by atoms with E-state index in [0.717, 1.165) is 25.0 Å². The second-order valence-corrected chi connectivity index (χ2v) is 5.79. The number of hydrogen-bond donors (Lipinski definition) is 2. The molecule has 2 fully saturated rings.